The fourth-order valence-electron chi connectivity index (χ4n) is 2.23. The van der Waals surface area contributed by atoms with E-state index in [0.717, 1.165) is 0 Å². The van der Waals surface area contributed by atoms with E-state index in [1.165, 1.54) is 13.3 Å². The van der Waals surface area contributed by atoms with Crippen LogP contribution in [0, 0.1) is 23.7 Å². The maximum atomic E-state index is 11.1. The molecule has 0 aromatic rings. The quantitative estimate of drug-likeness (QED) is 0.645. The minimum Gasteiger partial charge on any atom is -0.462 e. The Morgan fingerprint density at radius 2 is 1.56 bits per heavy atom. The molecule has 0 amide bonds. The average Bonchev–Trinajstić information content (AvgIpc) is 2.22. The molecular weight excluding hydrogens is 200 g/mol. The SMILES string of the molecule is CCC(C)C(C)C(C)C(OC(C)=O)C(C)C. The minimum atomic E-state index is -0.165. The Morgan fingerprint density at radius 1 is 1.06 bits per heavy atom. The van der Waals surface area contributed by atoms with Gasteiger partial charge in [-0.05, 0) is 23.7 Å². The molecule has 0 heterocycles. The summed E-state index contributed by atoms with van der Waals surface area (Å²) >= 11 is 0. The second-order valence-corrected chi connectivity index (χ2v) is 5.42. The van der Waals surface area contributed by atoms with E-state index in [2.05, 4.69) is 41.5 Å². The Balaban J connectivity index is 4.59. The van der Waals surface area contributed by atoms with Crippen molar-refractivity contribution in [3.63, 3.8) is 0 Å². The van der Waals surface area contributed by atoms with Crippen molar-refractivity contribution in [3.8, 4) is 0 Å². The zero-order chi connectivity index (χ0) is 12.9. The third-order valence-electron chi connectivity index (χ3n) is 3.85. The molecule has 4 atom stereocenters. The van der Waals surface area contributed by atoms with E-state index < -0.39 is 0 Å². The van der Waals surface area contributed by atoms with Gasteiger partial charge in [0.25, 0.3) is 0 Å². The van der Waals surface area contributed by atoms with Gasteiger partial charge in [-0.1, -0.05) is 48.0 Å². The monoisotopic (exact) mass is 228 g/mol. The number of rotatable bonds is 6. The molecule has 0 N–H and O–H groups in total. The van der Waals surface area contributed by atoms with Crippen LogP contribution in [0.1, 0.15) is 54.9 Å². The van der Waals surface area contributed by atoms with Crippen LogP contribution in [0.3, 0.4) is 0 Å². The summed E-state index contributed by atoms with van der Waals surface area (Å²) in [5.41, 5.74) is 0. The first-order chi connectivity index (χ1) is 7.31. The van der Waals surface area contributed by atoms with Gasteiger partial charge in [0.1, 0.15) is 6.10 Å². The highest BCUT2D eigenvalue weighted by Gasteiger charge is 2.30. The second kappa shape index (κ2) is 6.93. The van der Waals surface area contributed by atoms with Gasteiger partial charge in [0.05, 0.1) is 0 Å². The number of esters is 1. The van der Waals surface area contributed by atoms with Crippen molar-refractivity contribution in [3.05, 3.63) is 0 Å². The summed E-state index contributed by atoms with van der Waals surface area (Å²) in [4.78, 5) is 11.1. The lowest BCUT2D eigenvalue weighted by Crippen LogP contribution is -2.35. The van der Waals surface area contributed by atoms with Gasteiger partial charge in [-0.15, -0.1) is 0 Å². The molecule has 0 saturated carbocycles. The van der Waals surface area contributed by atoms with Gasteiger partial charge in [-0.3, -0.25) is 4.79 Å². The molecule has 96 valence electrons. The zero-order valence-corrected chi connectivity index (χ0v) is 11.9. The minimum absolute atomic E-state index is 0.0431. The lowest BCUT2D eigenvalue weighted by molar-refractivity contribution is -0.153. The molecule has 2 nitrogen and oxygen atoms in total. The molecule has 0 aliphatic rings. The van der Waals surface area contributed by atoms with Crippen LogP contribution < -0.4 is 0 Å². The number of ether oxygens (including phenoxy) is 1. The summed E-state index contributed by atoms with van der Waals surface area (Å²) in [7, 11) is 0. The topological polar surface area (TPSA) is 26.3 Å². The molecule has 0 rings (SSSR count). The van der Waals surface area contributed by atoms with Crippen molar-refractivity contribution in [2.75, 3.05) is 0 Å². The van der Waals surface area contributed by atoms with E-state index in [-0.39, 0.29) is 12.1 Å². The lowest BCUT2D eigenvalue weighted by Gasteiger charge is -2.33. The maximum absolute atomic E-state index is 11.1. The first kappa shape index (κ1) is 15.5. The van der Waals surface area contributed by atoms with E-state index in [4.69, 9.17) is 4.74 Å². The van der Waals surface area contributed by atoms with Crippen molar-refractivity contribution < 1.29 is 9.53 Å². The summed E-state index contributed by atoms with van der Waals surface area (Å²) in [6, 6.07) is 0. The van der Waals surface area contributed by atoms with Gasteiger partial charge < -0.3 is 4.74 Å². The number of hydrogen-bond acceptors (Lipinski definition) is 2. The van der Waals surface area contributed by atoms with Crippen LogP contribution in [0.2, 0.25) is 0 Å². The Hall–Kier alpha value is -0.530. The average molecular weight is 228 g/mol. The highest BCUT2D eigenvalue weighted by atomic mass is 16.5. The van der Waals surface area contributed by atoms with Crippen LogP contribution in [-0.4, -0.2) is 12.1 Å². The normalized spacial score (nSPS) is 19.0. The van der Waals surface area contributed by atoms with Gasteiger partial charge in [0, 0.05) is 6.92 Å². The highest BCUT2D eigenvalue weighted by molar-refractivity contribution is 5.66. The first-order valence-electron chi connectivity index (χ1n) is 6.48. The molecule has 0 aromatic carbocycles. The van der Waals surface area contributed by atoms with Gasteiger partial charge in [-0.25, -0.2) is 0 Å². The van der Waals surface area contributed by atoms with Gasteiger partial charge in [0.2, 0.25) is 0 Å². The Kier molecular flexibility index (Phi) is 6.70. The number of carbonyl (C=O) groups excluding carboxylic acids is 1. The summed E-state index contributed by atoms with van der Waals surface area (Å²) in [5, 5.41) is 0. The third-order valence-corrected chi connectivity index (χ3v) is 3.85. The summed E-state index contributed by atoms with van der Waals surface area (Å²) in [6.45, 7) is 14.7. The molecule has 0 bridgehead atoms. The van der Waals surface area contributed by atoms with E-state index in [0.29, 0.717) is 23.7 Å². The summed E-state index contributed by atoms with van der Waals surface area (Å²) in [5.74, 6) is 1.88. The van der Waals surface area contributed by atoms with Crippen LogP contribution in [0.15, 0.2) is 0 Å². The van der Waals surface area contributed by atoms with Gasteiger partial charge in [0.15, 0.2) is 0 Å². The van der Waals surface area contributed by atoms with Crippen molar-refractivity contribution >= 4 is 5.97 Å². The molecule has 0 spiro atoms. The van der Waals surface area contributed by atoms with E-state index >= 15 is 0 Å². The smallest absolute Gasteiger partial charge is 0.302 e. The van der Waals surface area contributed by atoms with Gasteiger partial charge in [-0.2, -0.15) is 0 Å². The van der Waals surface area contributed by atoms with Crippen LogP contribution >= 0.6 is 0 Å². The van der Waals surface area contributed by atoms with Crippen molar-refractivity contribution in [1.29, 1.82) is 0 Å². The van der Waals surface area contributed by atoms with E-state index in [1.807, 2.05) is 0 Å². The van der Waals surface area contributed by atoms with Crippen LogP contribution in [0.5, 0.6) is 0 Å². The molecule has 0 fully saturated rings. The Morgan fingerprint density at radius 3 is 1.88 bits per heavy atom. The molecule has 4 unspecified atom stereocenters. The molecule has 0 aliphatic heterocycles. The number of hydrogen-bond donors (Lipinski definition) is 0. The van der Waals surface area contributed by atoms with Crippen molar-refractivity contribution in [1.82, 2.24) is 0 Å². The third kappa shape index (κ3) is 4.54. The van der Waals surface area contributed by atoms with Crippen molar-refractivity contribution in [2.45, 2.75) is 61.0 Å². The van der Waals surface area contributed by atoms with E-state index in [1.54, 1.807) is 0 Å². The molecule has 0 aromatic heterocycles. The molecular formula is C14H28O2. The van der Waals surface area contributed by atoms with Gasteiger partial charge >= 0.3 is 5.97 Å². The van der Waals surface area contributed by atoms with Crippen LogP contribution in [0.4, 0.5) is 0 Å². The molecule has 16 heavy (non-hydrogen) atoms. The summed E-state index contributed by atoms with van der Waals surface area (Å²) in [6.07, 6.45) is 1.22. The molecule has 0 radical (unpaired) electrons. The maximum Gasteiger partial charge on any atom is 0.302 e. The highest BCUT2D eigenvalue weighted by Crippen LogP contribution is 2.30. The number of carbonyl (C=O) groups is 1. The predicted octanol–water partition coefficient (Wildman–Crippen LogP) is 3.89. The zero-order valence-electron chi connectivity index (χ0n) is 11.9. The lowest BCUT2D eigenvalue weighted by atomic mass is 9.78. The van der Waals surface area contributed by atoms with Crippen LogP contribution in [0.25, 0.3) is 0 Å². The second-order valence-electron chi connectivity index (χ2n) is 5.42. The Labute approximate surface area is 101 Å². The first-order valence-corrected chi connectivity index (χ1v) is 6.48. The predicted molar refractivity (Wildman–Crippen MR) is 68.2 cm³/mol. The standard InChI is InChI=1S/C14H28O2/c1-8-10(4)11(5)12(6)14(9(2)3)16-13(7)15/h9-12,14H,8H2,1-7H3. The van der Waals surface area contributed by atoms with Crippen molar-refractivity contribution in [2.24, 2.45) is 23.7 Å². The summed E-state index contributed by atoms with van der Waals surface area (Å²) < 4.78 is 5.45. The molecule has 2 heteroatoms. The Bertz CT molecular complexity index is 211. The van der Waals surface area contributed by atoms with Crippen LogP contribution in [-0.2, 0) is 9.53 Å². The fourth-order valence-corrected chi connectivity index (χ4v) is 2.23. The fraction of sp³-hybridized carbons (Fsp3) is 0.929. The largest absolute Gasteiger partial charge is 0.462 e. The molecule has 0 aliphatic carbocycles. The van der Waals surface area contributed by atoms with E-state index in [9.17, 15) is 4.79 Å². The molecule has 0 saturated heterocycles.